The largest absolute Gasteiger partial charge is 0.446 e. The maximum atomic E-state index is 12.2. The van der Waals surface area contributed by atoms with Gasteiger partial charge in [-0.3, -0.25) is 0 Å². The zero-order valence-electron chi connectivity index (χ0n) is 10.5. The molecule has 2 aromatic rings. The maximum absolute atomic E-state index is 12.2. The van der Waals surface area contributed by atoms with Gasteiger partial charge in [-0.1, -0.05) is 0 Å². The zero-order valence-corrected chi connectivity index (χ0v) is 13.8. The highest BCUT2D eigenvalue weighted by molar-refractivity contribution is 8.00. The van der Waals surface area contributed by atoms with Crippen molar-refractivity contribution in [2.45, 2.75) is 23.7 Å². The van der Waals surface area contributed by atoms with Gasteiger partial charge in [0.15, 0.2) is 0 Å². The van der Waals surface area contributed by atoms with Gasteiger partial charge in [-0.2, -0.15) is 13.2 Å². The molecule has 1 aromatic carbocycles. The molecule has 1 heterocycles. The van der Waals surface area contributed by atoms with Crippen molar-refractivity contribution in [2.24, 2.45) is 5.14 Å². The van der Waals surface area contributed by atoms with E-state index in [-0.39, 0.29) is 30.0 Å². The van der Waals surface area contributed by atoms with Crippen LogP contribution < -0.4 is 5.14 Å². The Morgan fingerprint density at radius 2 is 1.68 bits per heavy atom. The molecule has 0 aliphatic carbocycles. The van der Waals surface area contributed by atoms with Gasteiger partial charge in [0.1, 0.15) is 4.21 Å². The molecular formula is C11H8F3NO3S4. The predicted octanol–water partition coefficient (Wildman–Crippen LogP) is 3.17. The molecular weight excluding hydrogens is 379 g/mol. The fourth-order valence-electron chi connectivity index (χ4n) is 1.44. The van der Waals surface area contributed by atoms with Crippen LogP contribution in [0.1, 0.15) is 0 Å². The molecule has 0 spiro atoms. The van der Waals surface area contributed by atoms with Crippen molar-refractivity contribution >= 4 is 43.9 Å². The van der Waals surface area contributed by atoms with Crippen molar-refractivity contribution in [3.63, 3.8) is 0 Å². The average molecular weight is 387 g/mol. The lowest BCUT2D eigenvalue weighted by Crippen LogP contribution is -2.09. The van der Waals surface area contributed by atoms with Gasteiger partial charge in [0, 0.05) is 9.79 Å². The Morgan fingerprint density at radius 1 is 1.09 bits per heavy atom. The van der Waals surface area contributed by atoms with Gasteiger partial charge < -0.3 is 0 Å². The summed E-state index contributed by atoms with van der Waals surface area (Å²) in [6, 6.07) is 7.63. The van der Waals surface area contributed by atoms with E-state index >= 15 is 0 Å². The molecule has 2 N–H and O–H groups in total. The van der Waals surface area contributed by atoms with Gasteiger partial charge in [-0.05, 0) is 48.2 Å². The van der Waals surface area contributed by atoms with E-state index in [2.05, 4.69) is 0 Å². The lowest BCUT2D eigenvalue weighted by molar-refractivity contribution is -0.0328. The summed E-state index contributed by atoms with van der Waals surface area (Å²) in [4.78, 5) is 0.249. The van der Waals surface area contributed by atoms with Crippen LogP contribution in [0.15, 0.2) is 54.6 Å². The number of thiophene rings is 1. The highest BCUT2D eigenvalue weighted by Crippen LogP contribution is 2.37. The van der Waals surface area contributed by atoms with E-state index < -0.39 is 26.3 Å². The van der Waals surface area contributed by atoms with E-state index in [0.717, 1.165) is 11.3 Å². The van der Waals surface area contributed by atoms with E-state index in [1.807, 2.05) is 0 Å². The van der Waals surface area contributed by atoms with Crippen LogP contribution in [0.3, 0.4) is 0 Å². The van der Waals surface area contributed by atoms with E-state index in [4.69, 9.17) is 5.14 Å². The Kier molecular flexibility index (Phi) is 5.02. The number of rotatable bonds is 4. The maximum Gasteiger partial charge on any atom is 0.446 e. The van der Waals surface area contributed by atoms with Crippen molar-refractivity contribution in [2.75, 3.05) is 0 Å². The van der Waals surface area contributed by atoms with E-state index in [1.165, 1.54) is 36.4 Å². The number of nitrogens with two attached hydrogens (primary N) is 1. The second kappa shape index (κ2) is 6.32. The van der Waals surface area contributed by atoms with Crippen LogP contribution in [0.4, 0.5) is 13.2 Å². The molecule has 11 heteroatoms. The lowest BCUT2D eigenvalue weighted by Gasteiger charge is -2.06. The third-order valence-electron chi connectivity index (χ3n) is 2.29. The first kappa shape index (κ1) is 17.5. The molecule has 1 atom stereocenters. The molecule has 0 amide bonds. The average Bonchev–Trinajstić information content (AvgIpc) is 2.86. The van der Waals surface area contributed by atoms with Crippen LogP contribution in [0.2, 0.25) is 0 Å². The van der Waals surface area contributed by atoms with E-state index in [0.29, 0.717) is 0 Å². The molecule has 0 bridgehead atoms. The first-order valence-electron chi connectivity index (χ1n) is 5.46. The Morgan fingerprint density at radius 3 is 2.14 bits per heavy atom. The molecule has 1 aromatic heterocycles. The number of primary sulfonamides is 1. The van der Waals surface area contributed by atoms with Crippen molar-refractivity contribution < 1.29 is 25.8 Å². The smallest absolute Gasteiger partial charge is 0.248 e. The summed E-state index contributed by atoms with van der Waals surface area (Å²) < 4.78 is 71.3. The first-order valence-corrected chi connectivity index (χ1v) is 9.79. The second-order valence-corrected chi connectivity index (χ2v) is 9.62. The first-order chi connectivity index (χ1) is 10.1. The van der Waals surface area contributed by atoms with Crippen LogP contribution in [-0.4, -0.2) is 18.1 Å². The standard InChI is InChI=1S/C11H8F3NO3S4/c12-11(13,14)20-7-1-3-8(4-2-7)21(16)9-5-6-10(19-9)22(15,17)18/h1-6H,(H2,15,17,18). The molecule has 2 rings (SSSR count). The number of thioether (sulfide) groups is 1. The summed E-state index contributed by atoms with van der Waals surface area (Å²) >= 11 is 0.491. The summed E-state index contributed by atoms with van der Waals surface area (Å²) in [7, 11) is -5.55. The van der Waals surface area contributed by atoms with Gasteiger partial charge in [-0.15, -0.1) is 11.3 Å². The Bertz CT molecular complexity index is 797. The Hall–Kier alpha value is -0.880. The quantitative estimate of drug-likeness (QED) is 0.818. The van der Waals surface area contributed by atoms with Gasteiger partial charge >= 0.3 is 5.51 Å². The molecule has 0 saturated carbocycles. The number of hydrogen-bond acceptors (Lipinski definition) is 5. The van der Waals surface area contributed by atoms with E-state index in [9.17, 15) is 25.8 Å². The lowest BCUT2D eigenvalue weighted by atomic mass is 10.4. The summed E-state index contributed by atoms with van der Waals surface area (Å²) in [5.41, 5.74) is -4.39. The molecule has 120 valence electrons. The number of sulfonamides is 1. The van der Waals surface area contributed by atoms with Crippen LogP contribution in [0.5, 0.6) is 0 Å². The second-order valence-electron chi connectivity index (χ2n) is 3.91. The summed E-state index contributed by atoms with van der Waals surface area (Å²) in [5.74, 6) is 0. The third kappa shape index (κ3) is 4.56. The van der Waals surface area contributed by atoms with Crippen molar-refractivity contribution in [3.8, 4) is 0 Å². The normalized spacial score (nSPS) is 14.0. The third-order valence-corrected chi connectivity index (χ3v) is 7.25. The molecule has 0 saturated heterocycles. The van der Waals surface area contributed by atoms with Crippen molar-refractivity contribution in [1.82, 2.24) is 0 Å². The SMILES string of the molecule is NS(=O)(=O)c1ccc(S(=O)c2ccc(SC(F)(F)F)cc2)s1. The number of alkyl halides is 3. The van der Waals surface area contributed by atoms with Crippen LogP contribution in [0.25, 0.3) is 0 Å². The van der Waals surface area contributed by atoms with Gasteiger partial charge in [0.25, 0.3) is 0 Å². The highest BCUT2D eigenvalue weighted by atomic mass is 32.3. The minimum atomic E-state index is -4.39. The fourth-order valence-corrected chi connectivity index (χ4v) is 5.26. The van der Waals surface area contributed by atoms with Crippen LogP contribution in [-0.2, 0) is 20.8 Å². The molecule has 1 unspecified atom stereocenters. The Labute approximate surface area is 135 Å². The minimum Gasteiger partial charge on any atom is -0.248 e. The van der Waals surface area contributed by atoms with Crippen LogP contribution >= 0.6 is 23.1 Å². The van der Waals surface area contributed by atoms with E-state index in [1.54, 1.807) is 0 Å². The highest BCUT2D eigenvalue weighted by Gasteiger charge is 2.29. The zero-order chi connectivity index (χ0) is 16.5. The molecule has 4 nitrogen and oxygen atoms in total. The summed E-state index contributed by atoms with van der Waals surface area (Å²) in [6.07, 6.45) is 0. The number of hydrogen-bond donors (Lipinski definition) is 1. The molecule has 0 fully saturated rings. The minimum absolute atomic E-state index is 0.0235. The summed E-state index contributed by atoms with van der Waals surface area (Å²) in [5, 5.41) is 4.96. The Balaban J connectivity index is 2.21. The van der Waals surface area contributed by atoms with Gasteiger partial charge in [-0.25, -0.2) is 17.8 Å². The number of benzene rings is 1. The van der Waals surface area contributed by atoms with Gasteiger partial charge in [0.05, 0.1) is 15.0 Å². The van der Waals surface area contributed by atoms with Gasteiger partial charge in [0.2, 0.25) is 10.0 Å². The molecule has 22 heavy (non-hydrogen) atoms. The topological polar surface area (TPSA) is 77.2 Å². The fraction of sp³-hybridized carbons (Fsp3) is 0.0909. The summed E-state index contributed by atoms with van der Waals surface area (Å²) in [6.45, 7) is 0. The van der Waals surface area contributed by atoms with Crippen molar-refractivity contribution in [3.05, 3.63) is 36.4 Å². The molecule has 0 aliphatic rings. The number of halogens is 3. The van der Waals surface area contributed by atoms with Crippen molar-refractivity contribution in [1.29, 1.82) is 0 Å². The predicted molar refractivity (Wildman–Crippen MR) is 78.7 cm³/mol. The molecule has 0 radical (unpaired) electrons. The molecule has 0 aliphatic heterocycles. The van der Waals surface area contributed by atoms with Crippen LogP contribution in [0, 0.1) is 0 Å². The monoisotopic (exact) mass is 387 g/mol.